The normalized spacial score (nSPS) is 25.9. The summed E-state index contributed by atoms with van der Waals surface area (Å²) >= 11 is 2.32. The molecular formula is C16H26IN3O. The number of rotatable bonds is 5. The van der Waals surface area contributed by atoms with Crippen molar-refractivity contribution < 1.29 is 4.74 Å². The van der Waals surface area contributed by atoms with Crippen molar-refractivity contribution in [1.82, 2.24) is 9.97 Å². The Labute approximate surface area is 141 Å². The van der Waals surface area contributed by atoms with Crippen LogP contribution in [0.25, 0.3) is 0 Å². The van der Waals surface area contributed by atoms with Crippen LogP contribution in [-0.4, -0.2) is 23.6 Å². The molecule has 0 radical (unpaired) electrons. The van der Waals surface area contributed by atoms with Crippen LogP contribution in [0.2, 0.25) is 0 Å². The van der Waals surface area contributed by atoms with E-state index in [2.05, 4.69) is 48.7 Å². The zero-order valence-corrected chi connectivity index (χ0v) is 15.7. The number of halogens is 1. The fourth-order valence-electron chi connectivity index (χ4n) is 3.11. The van der Waals surface area contributed by atoms with E-state index in [1.807, 2.05) is 0 Å². The van der Waals surface area contributed by atoms with Crippen molar-refractivity contribution >= 4 is 28.4 Å². The van der Waals surface area contributed by atoms with Crippen molar-refractivity contribution in [2.45, 2.75) is 58.5 Å². The zero-order chi connectivity index (χ0) is 15.5. The number of nitrogens with one attached hydrogen (secondary N) is 1. The maximum Gasteiger partial charge on any atom is 0.162 e. The number of ether oxygens (including phenoxy) is 1. The summed E-state index contributed by atoms with van der Waals surface area (Å²) in [6, 6.07) is 0. The third-order valence-electron chi connectivity index (χ3n) is 4.31. The number of aryl methyl sites for hydroxylation is 1. The Bertz CT molecular complexity index is 495. The Morgan fingerprint density at radius 3 is 2.81 bits per heavy atom. The number of nitrogens with zero attached hydrogens (tertiary/aromatic N) is 2. The van der Waals surface area contributed by atoms with Crippen LogP contribution in [0.5, 0.6) is 0 Å². The highest BCUT2D eigenvalue weighted by molar-refractivity contribution is 14.1. The number of methoxy groups -OCH3 is 1. The van der Waals surface area contributed by atoms with Crippen molar-refractivity contribution in [3.05, 3.63) is 15.1 Å². The molecule has 4 nitrogen and oxygen atoms in total. The second-order valence-corrected chi connectivity index (χ2v) is 7.20. The second kappa shape index (κ2) is 7.22. The quantitative estimate of drug-likeness (QED) is 0.747. The molecule has 118 valence electrons. The maximum absolute atomic E-state index is 5.93. The van der Waals surface area contributed by atoms with Gasteiger partial charge in [-0.25, -0.2) is 9.97 Å². The molecule has 1 aliphatic rings. The minimum Gasteiger partial charge on any atom is -0.370 e. The van der Waals surface area contributed by atoms with E-state index in [-0.39, 0.29) is 5.60 Å². The molecule has 0 aliphatic heterocycles. The SMILES string of the molecule is CCCNc1nc(C2(OC)CCCC(C)C2)nc(C)c1I. The van der Waals surface area contributed by atoms with Crippen molar-refractivity contribution in [3.63, 3.8) is 0 Å². The highest BCUT2D eigenvalue weighted by Crippen LogP contribution is 2.41. The molecule has 0 aromatic carbocycles. The number of hydrogen-bond acceptors (Lipinski definition) is 4. The van der Waals surface area contributed by atoms with Crippen LogP contribution in [0.15, 0.2) is 0 Å². The van der Waals surface area contributed by atoms with E-state index < -0.39 is 0 Å². The van der Waals surface area contributed by atoms with Crippen LogP contribution in [0.4, 0.5) is 5.82 Å². The van der Waals surface area contributed by atoms with Gasteiger partial charge in [-0.05, 0) is 61.1 Å². The van der Waals surface area contributed by atoms with E-state index >= 15 is 0 Å². The zero-order valence-electron chi connectivity index (χ0n) is 13.5. The summed E-state index contributed by atoms with van der Waals surface area (Å²) in [4.78, 5) is 9.58. The number of anilines is 1. The van der Waals surface area contributed by atoms with Crippen molar-refractivity contribution in [2.24, 2.45) is 5.92 Å². The van der Waals surface area contributed by atoms with Gasteiger partial charge in [0.1, 0.15) is 11.4 Å². The van der Waals surface area contributed by atoms with Gasteiger partial charge in [0.25, 0.3) is 0 Å². The molecule has 1 aromatic heterocycles. The monoisotopic (exact) mass is 403 g/mol. The summed E-state index contributed by atoms with van der Waals surface area (Å²) in [6.07, 6.45) is 5.56. The minimum atomic E-state index is -0.310. The largest absolute Gasteiger partial charge is 0.370 e. The fourth-order valence-corrected chi connectivity index (χ4v) is 3.54. The highest BCUT2D eigenvalue weighted by Gasteiger charge is 2.40. The molecule has 2 rings (SSSR count). The van der Waals surface area contributed by atoms with Crippen LogP contribution in [0.1, 0.15) is 57.5 Å². The maximum atomic E-state index is 5.93. The van der Waals surface area contributed by atoms with Gasteiger partial charge < -0.3 is 10.1 Å². The van der Waals surface area contributed by atoms with Gasteiger partial charge in [0.2, 0.25) is 0 Å². The molecule has 1 aliphatic carbocycles. The van der Waals surface area contributed by atoms with Crippen LogP contribution in [-0.2, 0) is 10.3 Å². The summed E-state index contributed by atoms with van der Waals surface area (Å²) in [5, 5.41) is 3.42. The van der Waals surface area contributed by atoms with E-state index in [9.17, 15) is 0 Å². The second-order valence-electron chi connectivity index (χ2n) is 6.12. The van der Waals surface area contributed by atoms with Gasteiger partial charge in [-0.15, -0.1) is 0 Å². The molecule has 1 aromatic rings. The molecule has 1 N–H and O–H groups in total. The van der Waals surface area contributed by atoms with Crippen molar-refractivity contribution in [3.8, 4) is 0 Å². The molecule has 0 saturated heterocycles. The van der Waals surface area contributed by atoms with Crippen molar-refractivity contribution in [2.75, 3.05) is 19.0 Å². The first-order valence-electron chi connectivity index (χ1n) is 7.86. The average molecular weight is 403 g/mol. The van der Waals surface area contributed by atoms with Crippen molar-refractivity contribution in [1.29, 1.82) is 0 Å². The van der Waals surface area contributed by atoms with Gasteiger partial charge in [-0.1, -0.05) is 20.3 Å². The molecule has 0 amide bonds. The third kappa shape index (κ3) is 3.67. The lowest BCUT2D eigenvalue weighted by molar-refractivity contribution is -0.0646. The van der Waals surface area contributed by atoms with Gasteiger partial charge in [0.15, 0.2) is 5.82 Å². The predicted octanol–water partition coefficient (Wildman–Crippen LogP) is 4.26. The third-order valence-corrected chi connectivity index (χ3v) is 5.60. The van der Waals surface area contributed by atoms with E-state index in [1.54, 1.807) is 7.11 Å². The molecular weight excluding hydrogens is 377 g/mol. The van der Waals surface area contributed by atoms with E-state index in [4.69, 9.17) is 14.7 Å². The topological polar surface area (TPSA) is 47.0 Å². The Kier molecular flexibility index (Phi) is 5.82. The predicted molar refractivity (Wildman–Crippen MR) is 94.6 cm³/mol. The van der Waals surface area contributed by atoms with Gasteiger partial charge in [-0.3, -0.25) is 0 Å². The lowest BCUT2D eigenvalue weighted by Gasteiger charge is -2.37. The first-order valence-corrected chi connectivity index (χ1v) is 8.94. The van der Waals surface area contributed by atoms with E-state index in [0.29, 0.717) is 5.92 Å². The van der Waals surface area contributed by atoms with Gasteiger partial charge in [0, 0.05) is 13.7 Å². The lowest BCUT2D eigenvalue weighted by atomic mass is 9.78. The lowest BCUT2D eigenvalue weighted by Crippen LogP contribution is -2.36. The van der Waals surface area contributed by atoms with Crippen LogP contribution in [0.3, 0.4) is 0 Å². The summed E-state index contributed by atoms with van der Waals surface area (Å²) in [5.74, 6) is 2.47. The molecule has 1 saturated carbocycles. The Morgan fingerprint density at radius 2 is 2.19 bits per heavy atom. The van der Waals surface area contributed by atoms with Gasteiger partial charge in [-0.2, -0.15) is 0 Å². The Morgan fingerprint density at radius 1 is 1.43 bits per heavy atom. The summed E-state index contributed by atoms with van der Waals surface area (Å²) < 4.78 is 7.05. The Balaban J connectivity index is 2.39. The molecule has 1 fully saturated rings. The summed E-state index contributed by atoms with van der Waals surface area (Å²) in [7, 11) is 1.80. The molecule has 5 heteroatoms. The minimum absolute atomic E-state index is 0.310. The van der Waals surface area contributed by atoms with Crippen LogP contribution in [0, 0.1) is 16.4 Å². The van der Waals surface area contributed by atoms with E-state index in [0.717, 1.165) is 46.7 Å². The van der Waals surface area contributed by atoms with E-state index in [1.165, 1.54) is 12.8 Å². The molecule has 2 atom stereocenters. The summed E-state index contributed by atoms with van der Waals surface area (Å²) in [5.41, 5.74) is 0.726. The molecule has 2 unspecified atom stereocenters. The first kappa shape index (κ1) is 16.9. The molecule has 1 heterocycles. The number of hydrogen-bond donors (Lipinski definition) is 1. The van der Waals surface area contributed by atoms with Crippen LogP contribution >= 0.6 is 22.6 Å². The molecule has 21 heavy (non-hydrogen) atoms. The molecule has 0 bridgehead atoms. The smallest absolute Gasteiger partial charge is 0.162 e. The van der Waals surface area contributed by atoms with Gasteiger partial charge in [0.05, 0.1) is 9.26 Å². The number of aromatic nitrogens is 2. The highest BCUT2D eigenvalue weighted by atomic mass is 127. The first-order chi connectivity index (χ1) is 10.0. The van der Waals surface area contributed by atoms with Crippen LogP contribution < -0.4 is 5.32 Å². The average Bonchev–Trinajstić information content (AvgIpc) is 2.48. The summed E-state index contributed by atoms with van der Waals surface area (Å²) in [6.45, 7) is 7.44. The fraction of sp³-hybridized carbons (Fsp3) is 0.750. The molecule has 0 spiro atoms. The standard InChI is InChI=1S/C16H26IN3O/c1-5-9-18-14-13(17)12(3)19-15(20-14)16(21-4)8-6-7-11(2)10-16/h11H,5-10H2,1-4H3,(H,18,19,20). The van der Waals surface area contributed by atoms with Gasteiger partial charge >= 0.3 is 0 Å². The Hall–Kier alpha value is -0.430.